The van der Waals surface area contributed by atoms with Crippen LogP contribution < -0.4 is 4.72 Å². The van der Waals surface area contributed by atoms with Crippen molar-refractivity contribution in [3.8, 4) is 0 Å². The van der Waals surface area contributed by atoms with Gasteiger partial charge in [-0.3, -0.25) is 0 Å². The molecule has 7 nitrogen and oxygen atoms in total. The van der Waals surface area contributed by atoms with Crippen LogP contribution in [-0.4, -0.2) is 61.5 Å². The molecule has 1 saturated heterocycles. The van der Waals surface area contributed by atoms with Gasteiger partial charge in [0.25, 0.3) is 10.2 Å². The summed E-state index contributed by atoms with van der Waals surface area (Å²) in [5.74, 6) is 0. The molecule has 1 N–H and O–H groups in total. The van der Waals surface area contributed by atoms with Crippen LogP contribution in [0.15, 0.2) is 0 Å². The molecule has 134 valence electrons. The van der Waals surface area contributed by atoms with Crippen molar-refractivity contribution in [1.82, 2.24) is 13.9 Å². The molecule has 0 aromatic heterocycles. The summed E-state index contributed by atoms with van der Waals surface area (Å²) in [7, 11) is -3.36. The van der Waals surface area contributed by atoms with Crippen LogP contribution in [0.5, 0.6) is 0 Å². The second kappa shape index (κ2) is 7.36. The number of hydrogen-bond donors (Lipinski definition) is 1. The van der Waals surface area contributed by atoms with Crippen LogP contribution >= 0.6 is 0 Å². The SMILES string of the molecule is CC(C)(C)OC(=O)N(CCCNS(=O)(=O)N1CCCC1)C1CC1. The third-order valence-corrected chi connectivity index (χ3v) is 5.49. The van der Waals surface area contributed by atoms with Crippen molar-refractivity contribution in [2.24, 2.45) is 0 Å². The Balaban J connectivity index is 1.75. The zero-order valence-corrected chi connectivity index (χ0v) is 15.2. The van der Waals surface area contributed by atoms with Crippen molar-refractivity contribution in [3.05, 3.63) is 0 Å². The molecule has 0 radical (unpaired) electrons. The van der Waals surface area contributed by atoms with E-state index in [2.05, 4.69) is 4.72 Å². The molecule has 0 aromatic carbocycles. The van der Waals surface area contributed by atoms with Crippen LogP contribution in [0.2, 0.25) is 0 Å². The molecule has 0 aromatic rings. The standard InChI is InChI=1S/C15H29N3O4S/c1-15(2,3)22-14(19)18(13-7-8-13)12-6-9-16-23(20,21)17-10-4-5-11-17/h13,16H,4-12H2,1-3H3. The molecule has 0 atom stereocenters. The molecule has 1 aliphatic heterocycles. The summed E-state index contributed by atoms with van der Waals surface area (Å²) < 4.78 is 33.6. The minimum atomic E-state index is -3.36. The van der Waals surface area contributed by atoms with Gasteiger partial charge in [0.2, 0.25) is 0 Å². The molecule has 0 bridgehead atoms. The number of nitrogens with one attached hydrogen (secondary N) is 1. The van der Waals surface area contributed by atoms with Crippen molar-refractivity contribution in [2.45, 2.75) is 64.5 Å². The van der Waals surface area contributed by atoms with Crippen molar-refractivity contribution >= 4 is 16.3 Å². The molecule has 2 aliphatic rings. The first-order valence-electron chi connectivity index (χ1n) is 8.43. The second-order valence-corrected chi connectivity index (χ2v) is 9.02. The van der Waals surface area contributed by atoms with Gasteiger partial charge in [-0.05, 0) is 52.9 Å². The third-order valence-electron chi connectivity index (χ3n) is 3.88. The largest absolute Gasteiger partial charge is 0.444 e. The maximum atomic E-state index is 12.2. The van der Waals surface area contributed by atoms with Gasteiger partial charge in [-0.25, -0.2) is 9.52 Å². The quantitative estimate of drug-likeness (QED) is 0.711. The number of carbonyl (C=O) groups excluding carboxylic acids is 1. The lowest BCUT2D eigenvalue weighted by atomic mass is 10.2. The Kier molecular flexibility index (Phi) is 5.91. The fourth-order valence-electron chi connectivity index (χ4n) is 2.60. The van der Waals surface area contributed by atoms with Gasteiger partial charge in [0, 0.05) is 32.2 Å². The Morgan fingerprint density at radius 2 is 1.87 bits per heavy atom. The number of hydrogen-bond acceptors (Lipinski definition) is 4. The Bertz CT molecular complexity index is 505. The van der Waals surface area contributed by atoms with Crippen LogP contribution in [-0.2, 0) is 14.9 Å². The van der Waals surface area contributed by atoms with Crippen LogP contribution in [0, 0.1) is 0 Å². The van der Waals surface area contributed by atoms with E-state index in [1.807, 2.05) is 20.8 Å². The Labute approximate surface area is 139 Å². The van der Waals surface area contributed by atoms with E-state index >= 15 is 0 Å². The molecule has 8 heteroatoms. The lowest BCUT2D eigenvalue weighted by molar-refractivity contribution is 0.0232. The van der Waals surface area contributed by atoms with E-state index < -0.39 is 15.8 Å². The third kappa shape index (κ3) is 5.93. The predicted octanol–water partition coefficient (Wildman–Crippen LogP) is 1.71. The number of amides is 1. The highest BCUT2D eigenvalue weighted by Crippen LogP contribution is 2.28. The first-order valence-corrected chi connectivity index (χ1v) is 9.87. The molecule has 1 aliphatic carbocycles. The Morgan fingerprint density at radius 1 is 1.26 bits per heavy atom. The molecule has 2 rings (SSSR count). The van der Waals surface area contributed by atoms with Gasteiger partial charge < -0.3 is 9.64 Å². The number of nitrogens with zero attached hydrogens (tertiary/aromatic N) is 2. The monoisotopic (exact) mass is 347 g/mol. The molecular weight excluding hydrogens is 318 g/mol. The smallest absolute Gasteiger partial charge is 0.410 e. The zero-order valence-electron chi connectivity index (χ0n) is 14.4. The van der Waals surface area contributed by atoms with Gasteiger partial charge >= 0.3 is 6.09 Å². The van der Waals surface area contributed by atoms with Gasteiger partial charge in [-0.1, -0.05) is 0 Å². The highest BCUT2D eigenvalue weighted by molar-refractivity contribution is 7.87. The lowest BCUT2D eigenvalue weighted by Crippen LogP contribution is -2.42. The Morgan fingerprint density at radius 3 is 2.39 bits per heavy atom. The number of ether oxygens (including phenoxy) is 1. The van der Waals surface area contributed by atoms with E-state index in [4.69, 9.17) is 4.74 Å². The average molecular weight is 347 g/mol. The number of carbonyl (C=O) groups is 1. The zero-order chi connectivity index (χ0) is 17.1. The maximum Gasteiger partial charge on any atom is 0.410 e. The van der Waals surface area contributed by atoms with E-state index in [1.54, 1.807) is 4.90 Å². The summed E-state index contributed by atoms with van der Waals surface area (Å²) in [5.41, 5.74) is -0.512. The van der Waals surface area contributed by atoms with E-state index in [-0.39, 0.29) is 12.1 Å². The van der Waals surface area contributed by atoms with E-state index in [0.29, 0.717) is 32.6 Å². The Hall–Kier alpha value is -0.860. The highest BCUT2D eigenvalue weighted by atomic mass is 32.2. The second-order valence-electron chi connectivity index (χ2n) is 7.26. The van der Waals surface area contributed by atoms with E-state index in [1.165, 1.54) is 4.31 Å². The van der Waals surface area contributed by atoms with Gasteiger partial charge in [0.05, 0.1) is 0 Å². The summed E-state index contributed by atoms with van der Waals surface area (Å²) in [4.78, 5) is 13.9. The summed E-state index contributed by atoms with van der Waals surface area (Å²) in [6.45, 7) is 7.59. The van der Waals surface area contributed by atoms with Crippen molar-refractivity contribution in [1.29, 1.82) is 0 Å². The number of rotatable bonds is 7. The predicted molar refractivity (Wildman–Crippen MR) is 88.3 cm³/mol. The van der Waals surface area contributed by atoms with Crippen molar-refractivity contribution in [3.63, 3.8) is 0 Å². The van der Waals surface area contributed by atoms with Crippen LogP contribution in [0.25, 0.3) is 0 Å². The molecule has 23 heavy (non-hydrogen) atoms. The van der Waals surface area contributed by atoms with Gasteiger partial charge in [0.1, 0.15) is 5.60 Å². The molecule has 1 amide bonds. The van der Waals surface area contributed by atoms with Crippen LogP contribution in [0.4, 0.5) is 4.79 Å². The highest BCUT2D eigenvalue weighted by Gasteiger charge is 2.35. The van der Waals surface area contributed by atoms with Crippen molar-refractivity contribution < 1.29 is 17.9 Å². The van der Waals surface area contributed by atoms with E-state index in [0.717, 1.165) is 25.7 Å². The minimum absolute atomic E-state index is 0.250. The topological polar surface area (TPSA) is 79.0 Å². The fourth-order valence-corrected chi connectivity index (χ4v) is 3.92. The van der Waals surface area contributed by atoms with Gasteiger partial charge in [0.15, 0.2) is 0 Å². The summed E-state index contributed by atoms with van der Waals surface area (Å²) in [6, 6.07) is 0.250. The summed E-state index contributed by atoms with van der Waals surface area (Å²) >= 11 is 0. The molecular formula is C15H29N3O4S. The molecule has 0 spiro atoms. The van der Waals surface area contributed by atoms with Gasteiger partial charge in [-0.15, -0.1) is 0 Å². The summed E-state index contributed by atoms with van der Waals surface area (Å²) in [6.07, 6.45) is 4.13. The van der Waals surface area contributed by atoms with Crippen LogP contribution in [0.3, 0.4) is 0 Å². The fraction of sp³-hybridized carbons (Fsp3) is 0.933. The van der Waals surface area contributed by atoms with Crippen LogP contribution in [0.1, 0.15) is 52.9 Å². The minimum Gasteiger partial charge on any atom is -0.444 e. The first-order chi connectivity index (χ1) is 10.7. The van der Waals surface area contributed by atoms with E-state index in [9.17, 15) is 13.2 Å². The molecule has 2 fully saturated rings. The lowest BCUT2D eigenvalue weighted by Gasteiger charge is -2.27. The molecule has 1 heterocycles. The first kappa shape index (κ1) is 18.5. The van der Waals surface area contributed by atoms with Gasteiger partial charge in [-0.2, -0.15) is 12.7 Å². The average Bonchev–Trinajstić information content (AvgIpc) is 3.08. The van der Waals surface area contributed by atoms with Crippen molar-refractivity contribution in [2.75, 3.05) is 26.2 Å². The normalized spacial score (nSPS) is 19.8. The maximum absolute atomic E-state index is 12.2. The summed E-state index contributed by atoms with van der Waals surface area (Å²) in [5, 5.41) is 0. The molecule has 0 unspecified atom stereocenters. The molecule has 1 saturated carbocycles.